The first-order valence-corrected chi connectivity index (χ1v) is 8.34. The van der Waals surface area contributed by atoms with Crippen molar-refractivity contribution in [2.24, 2.45) is 5.92 Å². The van der Waals surface area contributed by atoms with E-state index in [0.717, 1.165) is 30.8 Å². The van der Waals surface area contributed by atoms with Crippen LogP contribution >= 0.6 is 23.4 Å². The lowest BCUT2D eigenvalue weighted by Gasteiger charge is -2.37. The highest BCUT2D eigenvalue weighted by atomic mass is 35.5. The zero-order valence-corrected chi connectivity index (χ0v) is 12.6. The highest BCUT2D eigenvalue weighted by molar-refractivity contribution is 7.99. The minimum absolute atomic E-state index is 0.0140. The Morgan fingerprint density at radius 3 is 3.05 bits per heavy atom. The molecule has 2 aliphatic heterocycles. The van der Waals surface area contributed by atoms with Crippen LogP contribution in [0.3, 0.4) is 0 Å². The van der Waals surface area contributed by atoms with E-state index in [-0.39, 0.29) is 22.3 Å². The van der Waals surface area contributed by atoms with Crippen LogP contribution in [0.5, 0.6) is 0 Å². The zero-order valence-electron chi connectivity index (χ0n) is 11.0. The van der Waals surface area contributed by atoms with Gasteiger partial charge in [0.25, 0.3) is 0 Å². The van der Waals surface area contributed by atoms with E-state index in [9.17, 15) is 9.18 Å². The predicted molar refractivity (Wildman–Crippen MR) is 79.1 cm³/mol. The standard InChI is InChI=1S/C15H16ClFO2S/c16-12-2-1-10(7-13(12)17)14(18)11-3-5-19-15(8-11)4-6-20-9-15/h1-2,7,11H,3-6,8-9H2. The van der Waals surface area contributed by atoms with Gasteiger partial charge < -0.3 is 4.74 Å². The van der Waals surface area contributed by atoms with Crippen molar-refractivity contribution < 1.29 is 13.9 Å². The van der Waals surface area contributed by atoms with Crippen molar-refractivity contribution in [1.29, 1.82) is 0 Å². The number of Topliss-reactive ketones (excluding diaryl/α,β-unsaturated/α-hetero) is 1. The molecule has 1 spiro atoms. The van der Waals surface area contributed by atoms with Gasteiger partial charge >= 0.3 is 0 Å². The summed E-state index contributed by atoms with van der Waals surface area (Å²) in [5, 5.41) is 0.0530. The van der Waals surface area contributed by atoms with Crippen molar-refractivity contribution in [3.05, 3.63) is 34.6 Å². The Bertz CT molecular complexity index is 529. The summed E-state index contributed by atoms with van der Waals surface area (Å²) in [6.45, 7) is 0.618. The van der Waals surface area contributed by atoms with E-state index < -0.39 is 5.82 Å². The molecule has 108 valence electrons. The molecule has 1 aromatic rings. The van der Waals surface area contributed by atoms with Gasteiger partial charge in [-0.15, -0.1) is 0 Å². The average molecular weight is 315 g/mol. The van der Waals surface area contributed by atoms with Gasteiger partial charge in [-0.05, 0) is 43.2 Å². The number of hydrogen-bond acceptors (Lipinski definition) is 3. The van der Waals surface area contributed by atoms with Gasteiger partial charge in [0.15, 0.2) is 5.78 Å². The Labute approximate surface area is 127 Å². The molecule has 0 amide bonds. The van der Waals surface area contributed by atoms with Gasteiger partial charge in [0.1, 0.15) is 5.82 Å². The lowest BCUT2D eigenvalue weighted by molar-refractivity contribution is -0.0734. The van der Waals surface area contributed by atoms with Gasteiger partial charge in [-0.3, -0.25) is 4.79 Å². The van der Waals surface area contributed by atoms with E-state index in [1.165, 1.54) is 12.1 Å². The van der Waals surface area contributed by atoms with E-state index in [1.807, 2.05) is 11.8 Å². The smallest absolute Gasteiger partial charge is 0.166 e. The SMILES string of the molecule is O=C(c1ccc(Cl)c(F)c1)C1CCOC2(CCSC2)C1. The summed E-state index contributed by atoms with van der Waals surface area (Å²) in [4.78, 5) is 12.5. The van der Waals surface area contributed by atoms with Crippen LogP contribution in [0.25, 0.3) is 0 Å². The Kier molecular flexibility index (Phi) is 4.07. The molecule has 3 rings (SSSR count). The Hall–Kier alpha value is -0.580. The number of ether oxygens (including phenoxy) is 1. The third kappa shape index (κ3) is 2.74. The van der Waals surface area contributed by atoms with Crippen LogP contribution in [0.2, 0.25) is 5.02 Å². The number of benzene rings is 1. The Morgan fingerprint density at radius 2 is 2.35 bits per heavy atom. The van der Waals surface area contributed by atoms with Crippen LogP contribution in [-0.4, -0.2) is 29.5 Å². The average Bonchev–Trinajstić information content (AvgIpc) is 2.89. The molecule has 2 fully saturated rings. The molecule has 0 bridgehead atoms. The number of ketones is 1. The third-order valence-corrected chi connectivity index (χ3v) is 5.66. The molecule has 0 N–H and O–H groups in total. The number of thioether (sulfide) groups is 1. The maximum atomic E-state index is 13.5. The minimum atomic E-state index is -0.532. The summed E-state index contributed by atoms with van der Waals surface area (Å²) in [5.74, 6) is 1.47. The van der Waals surface area contributed by atoms with Crippen molar-refractivity contribution in [3.63, 3.8) is 0 Å². The zero-order chi connectivity index (χ0) is 14.2. The predicted octanol–water partition coefficient (Wildman–Crippen LogP) is 3.96. The second kappa shape index (κ2) is 5.66. The molecule has 2 atom stereocenters. The number of hydrogen-bond donors (Lipinski definition) is 0. The van der Waals surface area contributed by atoms with Crippen LogP contribution in [0.4, 0.5) is 4.39 Å². The largest absolute Gasteiger partial charge is 0.374 e. The van der Waals surface area contributed by atoms with Gasteiger partial charge in [-0.2, -0.15) is 11.8 Å². The maximum Gasteiger partial charge on any atom is 0.166 e. The second-order valence-electron chi connectivity index (χ2n) is 5.52. The summed E-state index contributed by atoms with van der Waals surface area (Å²) < 4.78 is 19.4. The first kappa shape index (κ1) is 14.4. The summed E-state index contributed by atoms with van der Waals surface area (Å²) in [7, 11) is 0. The van der Waals surface area contributed by atoms with Crippen LogP contribution in [-0.2, 0) is 4.74 Å². The van der Waals surface area contributed by atoms with E-state index in [4.69, 9.17) is 16.3 Å². The molecule has 5 heteroatoms. The van der Waals surface area contributed by atoms with Crippen molar-refractivity contribution >= 4 is 29.1 Å². The molecule has 0 radical (unpaired) electrons. The number of rotatable bonds is 2. The summed E-state index contributed by atoms with van der Waals surface area (Å²) in [6, 6.07) is 4.31. The molecule has 2 aliphatic rings. The molecule has 2 saturated heterocycles. The minimum Gasteiger partial charge on any atom is -0.374 e. The van der Waals surface area contributed by atoms with E-state index in [0.29, 0.717) is 12.2 Å². The molecule has 0 aromatic heterocycles. The number of carbonyl (C=O) groups is 1. The molecule has 0 aliphatic carbocycles. The van der Waals surface area contributed by atoms with Crippen molar-refractivity contribution in [1.82, 2.24) is 0 Å². The monoisotopic (exact) mass is 314 g/mol. The summed E-state index contributed by atoms with van der Waals surface area (Å²) >= 11 is 7.54. The van der Waals surface area contributed by atoms with E-state index >= 15 is 0 Å². The van der Waals surface area contributed by atoms with Crippen LogP contribution < -0.4 is 0 Å². The first-order chi connectivity index (χ1) is 9.60. The molecular formula is C15H16ClFO2S. The molecule has 2 unspecified atom stereocenters. The third-order valence-electron chi connectivity index (χ3n) is 4.14. The van der Waals surface area contributed by atoms with Gasteiger partial charge in [0.05, 0.1) is 10.6 Å². The quantitative estimate of drug-likeness (QED) is 0.773. The van der Waals surface area contributed by atoms with Crippen molar-refractivity contribution in [2.45, 2.75) is 24.9 Å². The lowest BCUT2D eigenvalue weighted by Crippen LogP contribution is -2.42. The molecule has 2 heterocycles. The number of halogens is 2. The van der Waals surface area contributed by atoms with E-state index in [2.05, 4.69) is 0 Å². The fourth-order valence-corrected chi connectivity index (χ4v) is 4.50. The molecule has 2 nitrogen and oxygen atoms in total. The summed E-state index contributed by atoms with van der Waals surface area (Å²) in [6.07, 6.45) is 2.48. The highest BCUT2D eigenvalue weighted by Crippen LogP contribution is 2.41. The van der Waals surface area contributed by atoms with Gasteiger partial charge in [0, 0.05) is 23.8 Å². The van der Waals surface area contributed by atoms with Crippen LogP contribution in [0.15, 0.2) is 18.2 Å². The van der Waals surface area contributed by atoms with Crippen molar-refractivity contribution in [2.75, 3.05) is 18.1 Å². The molecular weight excluding hydrogens is 299 g/mol. The molecule has 0 saturated carbocycles. The van der Waals surface area contributed by atoms with Crippen molar-refractivity contribution in [3.8, 4) is 0 Å². The highest BCUT2D eigenvalue weighted by Gasteiger charge is 2.42. The Morgan fingerprint density at radius 1 is 1.50 bits per heavy atom. The molecule has 20 heavy (non-hydrogen) atoms. The topological polar surface area (TPSA) is 26.3 Å². The van der Waals surface area contributed by atoms with Crippen LogP contribution in [0, 0.1) is 11.7 Å². The molecule has 1 aromatic carbocycles. The summed E-state index contributed by atoms with van der Waals surface area (Å²) in [5.41, 5.74) is 0.286. The number of carbonyl (C=O) groups excluding carboxylic acids is 1. The normalized spacial score (nSPS) is 29.8. The van der Waals surface area contributed by atoms with Crippen LogP contribution in [0.1, 0.15) is 29.6 Å². The Balaban J connectivity index is 1.77. The van der Waals surface area contributed by atoms with E-state index in [1.54, 1.807) is 6.07 Å². The van der Waals surface area contributed by atoms with Gasteiger partial charge in [0.2, 0.25) is 0 Å². The van der Waals surface area contributed by atoms with Gasteiger partial charge in [-0.1, -0.05) is 11.6 Å². The fraction of sp³-hybridized carbons (Fsp3) is 0.533. The maximum absolute atomic E-state index is 13.5. The fourth-order valence-electron chi connectivity index (χ4n) is 3.00. The first-order valence-electron chi connectivity index (χ1n) is 6.81. The van der Waals surface area contributed by atoms with Gasteiger partial charge in [-0.25, -0.2) is 4.39 Å². The lowest BCUT2D eigenvalue weighted by atomic mass is 9.81. The second-order valence-corrected chi connectivity index (χ2v) is 7.03.